The van der Waals surface area contributed by atoms with Gasteiger partial charge in [0.05, 0.1) is 12.0 Å². The summed E-state index contributed by atoms with van der Waals surface area (Å²) >= 11 is 1.38. The van der Waals surface area contributed by atoms with Crippen LogP contribution in [0.25, 0.3) is 0 Å². The number of ether oxygens (including phenoxy) is 1. The average molecular weight is 255 g/mol. The quantitative estimate of drug-likeness (QED) is 0.757. The fourth-order valence-electron chi connectivity index (χ4n) is 1.39. The number of thiophene rings is 1. The van der Waals surface area contributed by atoms with Gasteiger partial charge in [-0.05, 0) is 24.8 Å². The Hall–Kier alpha value is -1.36. The van der Waals surface area contributed by atoms with Gasteiger partial charge in [0.25, 0.3) is 5.91 Å². The van der Waals surface area contributed by atoms with Crippen LogP contribution >= 0.6 is 11.3 Å². The van der Waals surface area contributed by atoms with E-state index in [0.29, 0.717) is 4.88 Å². The smallest absolute Gasteiger partial charge is 0.325 e. The van der Waals surface area contributed by atoms with Gasteiger partial charge in [-0.25, -0.2) is 0 Å². The summed E-state index contributed by atoms with van der Waals surface area (Å²) in [5, 5.41) is 1.85. The van der Waals surface area contributed by atoms with E-state index < -0.39 is 5.97 Å². The van der Waals surface area contributed by atoms with Gasteiger partial charge < -0.3 is 9.64 Å². The molecule has 0 aliphatic heterocycles. The number of rotatable bonds is 5. The van der Waals surface area contributed by atoms with Crippen LogP contribution in [-0.2, 0) is 9.53 Å². The van der Waals surface area contributed by atoms with Gasteiger partial charge in [0.15, 0.2) is 0 Å². The monoisotopic (exact) mass is 255 g/mol. The number of nitrogens with zero attached hydrogens (tertiary/aromatic N) is 1. The average Bonchev–Trinajstić information content (AvgIpc) is 2.87. The molecule has 0 saturated carbocycles. The van der Waals surface area contributed by atoms with Crippen molar-refractivity contribution >= 4 is 23.2 Å². The molecule has 4 nitrogen and oxygen atoms in total. The summed E-state index contributed by atoms with van der Waals surface area (Å²) in [6, 6.07) is 3.61. The summed E-state index contributed by atoms with van der Waals surface area (Å²) in [6.07, 6.45) is 0.800. The van der Waals surface area contributed by atoms with Crippen LogP contribution in [-0.4, -0.2) is 36.5 Å². The van der Waals surface area contributed by atoms with E-state index in [2.05, 4.69) is 4.74 Å². The van der Waals surface area contributed by atoms with Crippen LogP contribution in [0, 0.1) is 0 Å². The van der Waals surface area contributed by atoms with Crippen molar-refractivity contribution in [2.75, 3.05) is 13.7 Å². The summed E-state index contributed by atoms with van der Waals surface area (Å²) in [4.78, 5) is 25.7. The molecule has 0 fully saturated rings. The van der Waals surface area contributed by atoms with Gasteiger partial charge in [0.1, 0.15) is 6.54 Å². The molecule has 0 aliphatic rings. The lowest BCUT2D eigenvalue weighted by atomic mass is 10.2. The standard InChI is InChI=1S/C12H17NO3S/c1-4-9(2)13(8-11(14)16-3)12(15)10-6-5-7-17-10/h5-7,9H,4,8H2,1-3H3/t9-/m0/s1. The van der Waals surface area contributed by atoms with E-state index in [1.165, 1.54) is 18.4 Å². The molecule has 1 heterocycles. The maximum atomic E-state index is 12.2. The Labute approximate surface area is 105 Å². The molecule has 0 unspecified atom stereocenters. The van der Waals surface area contributed by atoms with Crippen LogP contribution in [0.2, 0.25) is 0 Å². The molecule has 94 valence electrons. The minimum Gasteiger partial charge on any atom is -0.468 e. The first kappa shape index (κ1) is 13.7. The van der Waals surface area contributed by atoms with E-state index in [0.717, 1.165) is 6.42 Å². The molecule has 5 heteroatoms. The van der Waals surface area contributed by atoms with E-state index in [9.17, 15) is 9.59 Å². The molecule has 1 amide bonds. The summed E-state index contributed by atoms with van der Waals surface area (Å²) < 4.78 is 4.61. The zero-order valence-corrected chi connectivity index (χ0v) is 11.1. The van der Waals surface area contributed by atoms with E-state index in [4.69, 9.17) is 0 Å². The number of hydrogen-bond acceptors (Lipinski definition) is 4. The lowest BCUT2D eigenvalue weighted by molar-refractivity contribution is -0.141. The van der Waals surface area contributed by atoms with Crippen LogP contribution in [0.3, 0.4) is 0 Å². The number of esters is 1. The predicted molar refractivity (Wildman–Crippen MR) is 67.1 cm³/mol. The summed E-state index contributed by atoms with van der Waals surface area (Å²) in [5.74, 6) is -0.505. The maximum absolute atomic E-state index is 12.2. The Morgan fingerprint density at radius 2 is 2.24 bits per heavy atom. The van der Waals surface area contributed by atoms with E-state index in [1.807, 2.05) is 25.3 Å². The van der Waals surface area contributed by atoms with Crippen molar-refractivity contribution in [1.82, 2.24) is 4.90 Å². The first-order valence-corrected chi connectivity index (χ1v) is 6.39. The first-order chi connectivity index (χ1) is 8.10. The third-order valence-electron chi connectivity index (χ3n) is 2.64. The number of carbonyl (C=O) groups is 2. The van der Waals surface area contributed by atoms with Crippen molar-refractivity contribution < 1.29 is 14.3 Å². The van der Waals surface area contributed by atoms with E-state index >= 15 is 0 Å². The summed E-state index contributed by atoms with van der Waals surface area (Å²) in [6.45, 7) is 3.91. The van der Waals surface area contributed by atoms with Gasteiger partial charge in [0.2, 0.25) is 0 Å². The highest BCUT2D eigenvalue weighted by molar-refractivity contribution is 7.12. The second-order valence-electron chi connectivity index (χ2n) is 3.74. The predicted octanol–water partition coefficient (Wildman–Crippen LogP) is 2.16. The third kappa shape index (κ3) is 3.56. The zero-order chi connectivity index (χ0) is 12.8. The topological polar surface area (TPSA) is 46.6 Å². The van der Waals surface area contributed by atoms with Crippen LogP contribution in [0.15, 0.2) is 17.5 Å². The second-order valence-corrected chi connectivity index (χ2v) is 4.69. The third-order valence-corrected chi connectivity index (χ3v) is 3.50. The fourth-order valence-corrected chi connectivity index (χ4v) is 2.07. The minimum atomic E-state index is -0.393. The van der Waals surface area contributed by atoms with Gasteiger partial charge >= 0.3 is 5.97 Å². The number of amides is 1. The lowest BCUT2D eigenvalue weighted by Gasteiger charge is -2.26. The molecule has 0 bridgehead atoms. The highest BCUT2D eigenvalue weighted by Crippen LogP contribution is 2.15. The normalized spacial score (nSPS) is 11.9. The van der Waals surface area contributed by atoms with E-state index in [-0.39, 0.29) is 18.5 Å². The molecule has 0 spiro atoms. The van der Waals surface area contributed by atoms with Crippen LogP contribution in [0.4, 0.5) is 0 Å². The maximum Gasteiger partial charge on any atom is 0.325 e. The molecule has 0 N–H and O–H groups in total. The molecule has 0 aliphatic carbocycles. The Balaban J connectivity index is 2.83. The van der Waals surface area contributed by atoms with Crippen molar-refractivity contribution in [3.8, 4) is 0 Å². The zero-order valence-electron chi connectivity index (χ0n) is 10.3. The van der Waals surface area contributed by atoms with Crippen molar-refractivity contribution in [3.05, 3.63) is 22.4 Å². The highest BCUT2D eigenvalue weighted by atomic mass is 32.1. The van der Waals surface area contributed by atoms with Crippen LogP contribution in [0.1, 0.15) is 29.9 Å². The highest BCUT2D eigenvalue weighted by Gasteiger charge is 2.23. The second kappa shape index (κ2) is 6.39. The first-order valence-electron chi connectivity index (χ1n) is 5.51. The molecular formula is C12H17NO3S. The SMILES string of the molecule is CC[C@H](C)N(CC(=O)OC)C(=O)c1cccs1. The van der Waals surface area contributed by atoms with Crippen molar-refractivity contribution in [3.63, 3.8) is 0 Å². The molecule has 0 radical (unpaired) electrons. The number of carbonyl (C=O) groups excluding carboxylic acids is 2. The van der Waals surface area contributed by atoms with E-state index in [1.54, 1.807) is 11.0 Å². The summed E-state index contributed by atoms with van der Waals surface area (Å²) in [7, 11) is 1.33. The van der Waals surface area contributed by atoms with Crippen molar-refractivity contribution in [1.29, 1.82) is 0 Å². The number of hydrogen-bond donors (Lipinski definition) is 0. The summed E-state index contributed by atoms with van der Waals surface area (Å²) in [5.41, 5.74) is 0. The van der Waals surface area contributed by atoms with Crippen molar-refractivity contribution in [2.24, 2.45) is 0 Å². The molecule has 0 aromatic carbocycles. The Bertz CT molecular complexity index is 375. The van der Waals surface area contributed by atoms with Crippen LogP contribution < -0.4 is 0 Å². The van der Waals surface area contributed by atoms with Gasteiger partial charge in [-0.3, -0.25) is 9.59 Å². The molecule has 1 aromatic rings. The molecule has 1 rings (SSSR count). The Kier molecular flexibility index (Phi) is 5.15. The largest absolute Gasteiger partial charge is 0.468 e. The number of methoxy groups -OCH3 is 1. The van der Waals surface area contributed by atoms with Crippen LogP contribution in [0.5, 0.6) is 0 Å². The lowest BCUT2D eigenvalue weighted by Crippen LogP contribution is -2.41. The molecule has 1 atom stereocenters. The molecular weight excluding hydrogens is 238 g/mol. The minimum absolute atomic E-state index is 0.00222. The van der Waals surface area contributed by atoms with Gasteiger partial charge in [-0.1, -0.05) is 13.0 Å². The molecule has 17 heavy (non-hydrogen) atoms. The van der Waals surface area contributed by atoms with Gasteiger partial charge in [0, 0.05) is 6.04 Å². The fraction of sp³-hybridized carbons (Fsp3) is 0.500. The Morgan fingerprint density at radius 3 is 2.71 bits per heavy atom. The van der Waals surface area contributed by atoms with Crippen molar-refractivity contribution in [2.45, 2.75) is 26.3 Å². The van der Waals surface area contributed by atoms with Gasteiger partial charge in [-0.2, -0.15) is 0 Å². The molecule has 1 aromatic heterocycles. The Morgan fingerprint density at radius 1 is 1.53 bits per heavy atom. The molecule has 0 saturated heterocycles. The van der Waals surface area contributed by atoms with Gasteiger partial charge in [-0.15, -0.1) is 11.3 Å².